The maximum absolute atomic E-state index is 3.75. The summed E-state index contributed by atoms with van der Waals surface area (Å²) in [7, 11) is 0. The molecule has 0 aliphatic heterocycles. The molecule has 0 radical (unpaired) electrons. The lowest BCUT2D eigenvalue weighted by molar-refractivity contribution is 0.804. The van der Waals surface area contributed by atoms with Crippen molar-refractivity contribution in [3.05, 3.63) is 11.1 Å². The molecule has 0 aromatic carbocycles. The lowest BCUT2D eigenvalue weighted by Gasteiger charge is -2.16. The fourth-order valence-corrected chi connectivity index (χ4v) is 1.23. The Balaban J connectivity index is 3.39. The topological polar surface area (TPSA) is 0 Å². The van der Waals surface area contributed by atoms with Crippen molar-refractivity contribution < 1.29 is 0 Å². The SMILES string of the molecule is C=C(Br)CSC(C)(C)C. The van der Waals surface area contributed by atoms with E-state index >= 15 is 0 Å². The molecular weight excluding hydrogens is 196 g/mol. The Morgan fingerprint density at radius 2 is 2.00 bits per heavy atom. The second-order valence-corrected chi connectivity index (χ2v) is 5.84. The summed E-state index contributed by atoms with van der Waals surface area (Å²) < 4.78 is 1.43. The highest BCUT2D eigenvalue weighted by Crippen LogP contribution is 2.25. The minimum atomic E-state index is 0.358. The molecule has 0 rings (SSSR count). The number of halogens is 1. The Kier molecular flexibility index (Phi) is 3.90. The smallest absolute Gasteiger partial charge is 0.0250 e. The van der Waals surface area contributed by atoms with Gasteiger partial charge in [0.05, 0.1) is 0 Å². The fourth-order valence-electron chi connectivity index (χ4n) is 0.295. The molecule has 54 valence electrons. The molecule has 0 atom stereocenters. The van der Waals surface area contributed by atoms with E-state index in [0.717, 1.165) is 10.2 Å². The molecule has 0 aliphatic rings. The lowest BCUT2D eigenvalue weighted by atomic mass is 10.3. The Bertz CT molecular complexity index is 102. The summed E-state index contributed by atoms with van der Waals surface area (Å²) in [6, 6.07) is 0. The van der Waals surface area contributed by atoms with Gasteiger partial charge in [-0.05, 0) is 4.48 Å². The summed E-state index contributed by atoms with van der Waals surface area (Å²) >= 11 is 5.21. The van der Waals surface area contributed by atoms with Gasteiger partial charge in [0, 0.05) is 10.5 Å². The lowest BCUT2D eigenvalue weighted by Crippen LogP contribution is -2.07. The molecule has 0 saturated heterocycles. The van der Waals surface area contributed by atoms with Crippen LogP contribution in [-0.4, -0.2) is 10.5 Å². The first kappa shape index (κ1) is 9.57. The average molecular weight is 209 g/mol. The van der Waals surface area contributed by atoms with Gasteiger partial charge in [-0.1, -0.05) is 43.3 Å². The van der Waals surface area contributed by atoms with E-state index in [1.807, 2.05) is 11.8 Å². The minimum Gasteiger partial charge on any atom is -0.151 e. The standard InChI is InChI=1S/C7H13BrS/c1-6(8)5-9-7(2,3)4/h1,5H2,2-4H3. The first-order valence-corrected chi connectivity index (χ1v) is 4.67. The minimum absolute atomic E-state index is 0.358. The van der Waals surface area contributed by atoms with E-state index < -0.39 is 0 Å². The zero-order chi connectivity index (χ0) is 7.49. The molecule has 0 bridgehead atoms. The van der Waals surface area contributed by atoms with E-state index in [2.05, 4.69) is 43.3 Å². The van der Waals surface area contributed by atoms with E-state index in [1.165, 1.54) is 0 Å². The highest BCUT2D eigenvalue weighted by atomic mass is 79.9. The van der Waals surface area contributed by atoms with Crippen LogP contribution in [0.1, 0.15) is 20.8 Å². The van der Waals surface area contributed by atoms with Crippen molar-refractivity contribution in [3.63, 3.8) is 0 Å². The van der Waals surface area contributed by atoms with Crippen LogP contribution in [0.25, 0.3) is 0 Å². The second-order valence-electron chi connectivity index (χ2n) is 2.92. The van der Waals surface area contributed by atoms with Crippen LogP contribution < -0.4 is 0 Å². The van der Waals surface area contributed by atoms with Gasteiger partial charge < -0.3 is 0 Å². The van der Waals surface area contributed by atoms with Gasteiger partial charge in [0.2, 0.25) is 0 Å². The van der Waals surface area contributed by atoms with E-state index in [-0.39, 0.29) is 0 Å². The van der Waals surface area contributed by atoms with Gasteiger partial charge in [0.25, 0.3) is 0 Å². The Morgan fingerprint density at radius 1 is 1.56 bits per heavy atom. The van der Waals surface area contributed by atoms with Crippen LogP contribution in [0.15, 0.2) is 11.1 Å². The maximum Gasteiger partial charge on any atom is 0.0250 e. The predicted octanol–water partition coefficient (Wildman–Crippen LogP) is 3.43. The van der Waals surface area contributed by atoms with Gasteiger partial charge in [-0.2, -0.15) is 11.8 Å². The summed E-state index contributed by atoms with van der Waals surface area (Å²) in [4.78, 5) is 0. The Hall–Kier alpha value is 0.570. The Morgan fingerprint density at radius 3 is 2.11 bits per heavy atom. The van der Waals surface area contributed by atoms with E-state index in [1.54, 1.807) is 0 Å². The molecule has 0 spiro atoms. The van der Waals surface area contributed by atoms with Crippen molar-refractivity contribution in [3.8, 4) is 0 Å². The summed E-state index contributed by atoms with van der Waals surface area (Å²) in [5.74, 6) is 1.00. The van der Waals surface area contributed by atoms with Crippen molar-refractivity contribution >= 4 is 27.7 Å². The summed E-state index contributed by atoms with van der Waals surface area (Å²) in [6.45, 7) is 10.4. The molecule has 0 aromatic rings. The third-order valence-corrected chi connectivity index (χ3v) is 2.67. The van der Waals surface area contributed by atoms with E-state index in [4.69, 9.17) is 0 Å². The maximum atomic E-state index is 3.75. The molecule has 0 nitrogen and oxygen atoms in total. The molecule has 9 heavy (non-hydrogen) atoms. The summed E-state index contributed by atoms with van der Waals surface area (Å²) in [5.41, 5.74) is 0. The largest absolute Gasteiger partial charge is 0.151 e. The van der Waals surface area contributed by atoms with Crippen LogP contribution in [0.4, 0.5) is 0 Å². The van der Waals surface area contributed by atoms with Crippen molar-refractivity contribution in [2.45, 2.75) is 25.5 Å². The second kappa shape index (κ2) is 3.67. The molecule has 0 fully saturated rings. The molecule has 0 unspecified atom stereocenters. The van der Waals surface area contributed by atoms with Gasteiger partial charge >= 0.3 is 0 Å². The number of thioether (sulfide) groups is 1. The van der Waals surface area contributed by atoms with E-state index in [9.17, 15) is 0 Å². The van der Waals surface area contributed by atoms with Gasteiger partial charge in [-0.15, -0.1) is 0 Å². The highest BCUT2D eigenvalue weighted by Gasteiger charge is 2.09. The molecule has 0 amide bonds. The van der Waals surface area contributed by atoms with Crippen LogP contribution in [-0.2, 0) is 0 Å². The molecule has 0 N–H and O–H groups in total. The molecule has 0 aromatic heterocycles. The first-order valence-electron chi connectivity index (χ1n) is 2.89. The van der Waals surface area contributed by atoms with Gasteiger partial charge in [-0.3, -0.25) is 0 Å². The third-order valence-electron chi connectivity index (χ3n) is 0.662. The normalized spacial score (nSPS) is 11.6. The molecule has 2 heteroatoms. The van der Waals surface area contributed by atoms with Crippen LogP contribution in [0.3, 0.4) is 0 Å². The van der Waals surface area contributed by atoms with Crippen molar-refractivity contribution in [1.82, 2.24) is 0 Å². The van der Waals surface area contributed by atoms with Crippen molar-refractivity contribution in [2.24, 2.45) is 0 Å². The summed E-state index contributed by atoms with van der Waals surface area (Å²) in [5, 5.41) is 0. The number of hydrogen-bond donors (Lipinski definition) is 0. The number of rotatable bonds is 2. The molecular formula is C7H13BrS. The third kappa shape index (κ3) is 8.57. The zero-order valence-corrected chi connectivity index (χ0v) is 8.60. The van der Waals surface area contributed by atoms with Crippen molar-refractivity contribution in [2.75, 3.05) is 5.75 Å². The summed E-state index contributed by atoms with van der Waals surface area (Å²) in [6.07, 6.45) is 0. The zero-order valence-electron chi connectivity index (χ0n) is 6.20. The van der Waals surface area contributed by atoms with Gasteiger partial charge in [0.15, 0.2) is 0 Å². The Labute approximate surface area is 70.2 Å². The van der Waals surface area contributed by atoms with Crippen LogP contribution in [0, 0.1) is 0 Å². The van der Waals surface area contributed by atoms with Gasteiger partial charge in [-0.25, -0.2) is 0 Å². The molecule has 0 aliphatic carbocycles. The van der Waals surface area contributed by atoms with Crippen LogP contribution in [0.2, 0.25) is 0 Å². The van der Waals surface area contributed by atoms with Crippen LogP contribution >= 0.6 is 27.7 Å². The van der Waals surface area contributed by atoms with Crippen LogP contribution in [0.5, 0.6) is 0 Å². The average Bonchev–Trinajstić information content (AvgIpc) is 1.59. The van der Waals surface area contributed by atoms with Crippen molar-refractivity contribution in [1.29, 1.82) is 0 Å². The predicted molar refractivity (Wildman–Crippen MR) is 50.3 cm³/mol. The fraction of sp³-hybridized carbons (Fsp3) is 0.714. The first-order chi connectivity index (χ1) is 3.92. The molecule has 0 heterocycles. The highest BCUT2D eigenvalue weighted by molar-refractivity contribution is 9.11. The van der Waals surface area contributed by atoms with E-state index in [0.29, 0.717) is 4.75 Å². The number of hydrogen-bond acceptors (Lipinski definition) is 1. The molecule has 0 saturated carbocycles. The van der Waals surface area contributed by atoms with Gasteiger partial charge in [0.1, 0.15) is 0 Å². The monoisotopic (exact) mass is 208 g/mol. The quantitative estimate of drug-likeness (QED) is 0.671.